The standard InChI is InChI=1S/C26H22O2/c1-3-9-15-16(10-4-2)24-22(18-12-6-8-14-20(18)26(24)28)21-17-11-5-7-13-19(17)25(27)23(15)21/h5-8,11-14H,3-4,9-10H2,1-2H3. The second-order valence-electron chi connectivity index (χ2n) is 7.71. The summed E-state index contributed by atoms with van der Waals surface area (Å²) in [6.07, 6.45) is 3.56. The Kier molecular flexibility index (Phi) is 3.83. The van der Waals surface area contributed by atoms with Crippen molar-refractivity contribution in [3.8, 4) is 0 Å². The molecular formula is C26H22O2. The highest BCUT2D eigenvalue weighted by Gasteiger charge is 2.24. The molecule has 5 aromatic rings. The predicted molar refractivity (Wildman–Crippen MR) is 119 cm³/mol. The molecule has 0 heterocycles. The lowest BCUT2D eigenvalue weighted by Crippen LogP contribution is -2.06. The maximum Gasteiger partial charge on any atom is 0.194 e. The molecule has 0 saturated heterocycles. The van der Waals surface area contributed by atoms with E-state index in [4.69, 9.17) is 0 Å². The Balaban J connectivity index is 2.22. The summed E-state index contributed by atoms with van der Waals surface area (Å²) in [7, 11) is 0. The number of rotatable bonds is 4. The number of hydrogen-bond donors (Lipinski definition) is 0. The predicted octanol–water partition coefficient (Wildman–Crippen LogP) is 5.80. The van der Waals surface area contributed by atoms with Crippen molar-refractivity contribution in [3.05, 3.63) is 80.1 Å². The van der Waals surface area contributed by atoms with E-state index in [-0.39, 0.29) is 10.9 Å². The summed E-state index contributed by atoms with van der Waals surface area (Å²) in [5.41, 5.74) is 2.43. The molecule has 0 saturated carbocycles. The first-order valence-electron chi connectivity index (χ1n) is 10.2. The number of benzene rings is 3. The van der Waals surface area contributed by atoms with Crippen molar-refractivity contribution in [3.63, 3.8) is 0 Å². The van der Waals surface area contributed by atoms with Crippen molar-refractivity contribution in [1.82, 2.24) is 0 Å². The van der Waals surface area contributed by atoms with Crippen LogP contribution in [0.15, 0.2) is 58.1 Å². The molecule has 0 aliphatic carbocycles. The van der Waals surface area contributed by atoms with Crippen LogP contribution in [0.2, 0.25) is 0 Å². The van der Waals surface area contributed by atoms with Gasteiger partial charge in [-0.1, -0.05) is 75.2 Å². The van der Waals surface area contributed by atoms with Gasteiger partial charge in [-0.2, -0.15) is 0 Å². The lowest BCUT2D eigenvalue weighted by atomic mass is 9.90. The Hall–Kier alpha value is -3.00. The Morgan fingerprint density at radius 2 is 0.893 bits per heavy atom. The molecule has 2 heteroatoms. The van der Waals surface area contributed by atoms with Gasteiger partial charge in [-0.25, -0.2) is 0 Å². The van der Waals surface area contributed by atoms with Crippen molar-refractivity contribution >= 4 is 43.1 Å². The molecule has 0 aromatic heterocycles. The van der Waals surface area contributed by atoms with Gasteiger partial charge in [0.05, 0.1) is 0 Å². The average molecular weight is 366 g/mol. The highest BCUT2D eigenvalue weighted by molar-refractivity contribution is 6.32. The zero-order valence-electron chi connectivity index (χ0n) is 16.3. The minimum absolute atomic E-state index is 0.117. The Labute approximate surface area is 163 Å². The number of hydrogen-bond acceptors (Lipinski definition) is 2. The second-order valence-corrected chi connectivity index (χ2v) is 7.71. The second kappa shape index (κ2) is 6.27. The fourth-order valence-electron chi connectivity index (χ4n) is 5.01. The largest absolute Gasteiger partial charge is 0.289 e. The summed E-state index contributed by atoms with van der Waals surface area (Å²) in [5, 5.41) is 7.14. The lowest BCUT2D eigenvalue weighted by molar-refractivity contribution is 0.874. The summed E-state index contributed by atoms with van der Waals surface area (Å²) < 4.78 is 0. The van der Waals surface area contributed by atoms with Gasteiger partial charge in [0.15, 0.2) is 10.9 Å². The third-order valence-corrected chi connectivity index (χ3v) is 6.05. The van der Waals surface area contributed by atoms with E-state index in [1.165, 1.54) is 0 Å². The highest BCUT2D eigenvalue weighted by atomic mass is 16.1. The first kappa shape index (κ1) is 17.1. The van der Waals surface area contributed by atoms with E-state index in [9.17, 15) is 9.59 Å². The molecule has 28 heavy (non-hydrogen) atoms. The molecule has 0 spiro atoms. The zero-order valence-corrected chi connectivity index (χ0v) is 16.3. The lowest BCUT2D eigenvalue weighted by Gasteiger charge is -2.13. The Bertz CT molecular complexity index is 1350. The molecule has 0 atom stereocenters. The fourth-order valence-corrected chi connectivity index (χ4v) is 5.01. The molecule has 0 amide bonds. The summed E-state index contributed by atoms with van der Waals surface area (Å²) in [4.78, 5) is 26.9. The van der Waals surface area contributed by atoms with Gasteiger partial charge in [0.25, 0.3) is 0 Å². The molecule has 5 rings (SSSR count). The van der Waals surface area contributed by atoms with Gasteiger partial charge >= 0.3 is 0 Å². The molecule has 0 aliphatic rings. The van der Waals surface area contributed by atoms with Crippen molar-refractivity contribution in [2.24, 2.45) is 0 Å². The maximum atomic E-state index is 13.4. The van der Waals surface area contributed by atoms with E-state index in [1.807, 2.05) is 48.5 Å². The normalized spacial score (nSPS) is 12.1. The molecule has 0 radical (unpaired) electrons. The first-order valence-corrected chi connectivity index (χ1v) is 10.2. The van der Waals surface area contributed by atoms with E-state index in [0.29, 0.717) is 0 Å². The first-order chi connectivity index (χ1) is 13.7. The SMILES string of the molecule is CCCc1c(CCC)c2c(=O)c3ccccc3c2c2c1c(=O)c1ccccc12. The van der Waals surface area contributed by atoms with Crippen LogP contribution in [0.1, 0.15) is 37.8 Å². The van der Waals surface area contributed by atoms with Gasteiger partial charge in [-0.05, 0) is 34.7 Å². The molecule has 5 aromatic carbocycles. The van der Waals surface area contributed by atoms with Gasteiger partial charge < -0.3 is 0 Å². The van der Waals surface area contributed by atoms with E-state index >= 15 is 0 Å². The van der Waals surface area contributed by atoms with Crippen LogP contribution in [0.5, 0.6) is 0 Å². The van der Waals surface area contributed by atoms with E-state index in [2.05, 4.69) is 13.8 Å². The Morgan fingerprint density at radius 1 is 0.536 bits per heavy atom. The van der Waals surface area contributed by atoms with E-state index in [0.717, 1.165) is 79.9 Å². The molecule has 0 bridgehead atoms. The monoisotopic (exact) mass is 366 g/mol. The Morgan fingerprint density at radius 3 is 1.25 bits per heavy atom. The van der Waals surface area contributed by atoms with Crippen molar-refractivity contribution in [2.45, 2.75) is 39.5 Å². The molecule has 0 aliphatic heterocycles. The van der Waals surface area contributed by atoms with E-state index in [1.54, 1.807) is 0 Å². The van der Waals surface area contributed by atoms with Crippen LogP contribution in [0.4, 0.5) is 0 Å². The number of aryl methyl sites for hydroxylation is 2. The van der Waals surface area contributed by atoms with E-state index < -0.39 is 0 Å². The van der Waals surface area contributed by atoms with Gasteiger partial charge in [-0.3, -0.25) is 9.59 Å². The van der Waals surface area contributed by atoms with Gasteiger partial charge in [-0.15, -0.1) is 0 Å². The minimum atomic E-state index is 0.117. The van der Waals surface area contributed by atoms with Crippen LogP contribution in [0.25, 0.3) is 43.1 Å². The molecule has 2 nitrogen and oxygen atoms in total. The van der Waals surface area contributed by atoms with Crippen molar-refractivity contribution < 1.29 is 0 Å². The smallest absolute Gasteiger partial charge is 0.194 e. The topological polar surface area (TPSA) is 34.1 Å². The van der Waals surface area contributed by atoms with Crippen LogP contribution in [0, 0.1) is 0 Å². The van der Waals surface area contributed by atoms with Crippen LogP contribution in [0.3, 0.4) is 0 Å². The molecule has 0 N–H and O–H groups in total. The zero-order chi connectivity index (χ0) is 19.4. The molecular weight excluding hydrogens is 344 g/mol. The molecule has 0 fully saturated rings. The molecule has 0 unspecified atom stereocenters. The van der Waals surface area contributed by atoms with Crippen molar-refractivity contribution in [2.75, 3.05) is 0 Å². The summed E-state index contributed by atoms with van der Waals surface area (Å²) in [5.74, 6) is 0. The minimum Gasteiger partial charge on any atom is -0.289 e. The van der Waals surface area contributed by atoms with Crippen LogP contribution in [-0.4, -0.2) is 0 Å². The number of fused-ring (bicyclic) bond motifs is 7. The quantitative estimate of drug-likeness (QED) is 0.403. The maximum absolute atomic E-state index is 13.4. The average Bonchev–Trinajstić information content (AvgIpc) is 3.18. The van der Waals surface area contributed by atoms with Crippen LogP contribution < -0.4 is 10.9 Å². The summed E-state index contributed by atoms with van der Waals surface area (Å²) in [6, 6.07) is 15.7. The summed E-state index contributed by atoms with van der Waals surface area (Å²) >= 11 is 0. The van der Waals surface area contributed by atoms with Crippen LogP contribution in [-0.2, 0) is 12.8 Å². The highest BCUT2D eigenvalue weighted by Crippen LogP contribution is 2.40. The third kappa shape index (κ3) is 2.09. The van der Waals surface area contributed by atoms with Gasteiger partial charge in [0.2, 0.25) is 0 Å². The molecule has 138 valence electrons. The van der Waals surface area contributed by atoms with Crippen molar-refractivity contribution in [1.29, 1.82) is 0 Å². The third-order valence-electron chi connectivity index (χ3n) is 6.05. The summed E-state index contributed by atoms with van der Waals surface area (Å²) in [6.45, 7) is 4.27. The van der Waals surface area contributed by atoms with Gasteiger partial charge in [0.1, 0.15) is 0 Å². The van der Waals surface area contributed by atoms with Crippen LogP contribution >= 0.6 is 0 Å². The fraction of sp³-hybridized carbons (Fsp3) is 0.231. The van der Waals surface area contributed by atoms with Gasteiger partial charge in [0, 0.05) is 32.3 Å².